The molecule has 0 spiro atoms. The minimum atomic E-state index is 0.441. The minimum absolute atomic E-state index is 0.441. The molecule has 1 aliphatic heterocycles. The smallest absolute Gasteiger partial charge is 0.118 e. The van der Waals surface area contributed by atoms with Crippen molar-refractivity contribution in [3.63, 3.8) is 0 Å². The average Bonchev–Trinajstić information content (AvgIpc) is 2.87. The van der Waals surface area contributed by atoms with Gasteiger partial charge in [-0.05, 0) is 18.9 Å². The standard InChI is InChI=1S/C14H22N2O2/c15-8-11-7-12(18-10-11)9-16-5-6-17-14-4-2-1-3-13(14)16/h7,10,13-14H,1-6,8-9,15H2. The van der Waals surface area contributed by atoms with Gasteiger partial charge in [0, 0.05) is 24.7 Å². The van der Waals surface area contributed by atoms with Gasteiger partial charge in [-0.1, -0.05) is 12.8 Å². The zero-order valence-electron chi connectivity index (χ0n) is 10.8. The van der Waals surface area contributed by atoms with Crippen molar-refractivity contribution < 1.29 is 9.15 Å². The zero-order valence-corrected chi connectivity index (χ0v) is 10.8. The van der Waals surface area contributed by atoms with E-state index in [4.69, 9.17) is 14.9 Å². The molecule has 2 aliphatic rings. The van der Waals surface area contributed by atoms with Crippen LogP contribution in [0.4, 0.5) is 0 Å². The number of fused-ring (bicyclic) bond motifs is 1. The molecule has 0 radical (unpaired) electrons. The van der Waals surface area contributed by atoms with Crippen molar-refractivity contribution in [2.24, 2.45) is 5.73 Å². The van der Waals surface area contributed by atoms with Crippen LogP contribution in [0.1, 0.15) is 37.0 Å². The maximum atomic E-state index is 5.88. The third kappa shape index (κ3) is 2.46. The second-order valence-electron chi connectivity index (χ2n) is 5.36. The first-order valence-electron chi connectivity index (χ1n) is 6.99. The summed E-state index contributed by atoms with van der Waals surface area (Å²) >= 11 is 0. The molecule has 0 amide bonds. The summed E-state index contributed by atoms with van der Waals surface area (Å²) in [6.07, 6.45) is 7.33. The molecular weight excluding hydrogens is 228 g/mol. The number of nitrogens with two attached hydrogens (primary N) is 1. The number of ether oxygens (including phenoxy) is 1. The molecule has 1 aliphatic carbocycles. The SMILES string of the molecule is NCc1coc(CN2CCOC3CCCCC32)c1. The molecule has 2 atom stereocenters. The summed E-state index contributed by atoms with van der Waals surface area (Å²) < 4.78 is 11.5. The highest BCUT2D eigenvalue weighted by Crippen LogP contribution is 2.29. The van der Waals surface area contributed by atoms with Gasteiger partial charge in [0.15, 0.2) is 0 Å². The fraction of sp³-hybridized carbons (Fsp3) is 0.714. The van der Waals surface area contributed by atoms with Crippen molar-refractivity contribution in [3.05, 3.63) is 23.7 Å². The average molecular weight is 250 g/mol. The van der Waals surface area contributed by atoms with Crippen molar-refractivity contribution in [1.82, 2.24) is 4.90 Å². The Morgan fingerprint density at radius 3 is 3.06 bits per heavy atom. The van der Waals surface area contributed by atoms with E-state index in [2.05, 4.69) is 11.0 Å². The predicted molar refractivity (Wildman–Crippen MR) is 69.0 cm³/mol. The van der Waals surface area contributed by atoms with Crippen LogP contribution in [0.5, 0.6) is 0 Å². The summed E-state index contributed by atoms with van der Waals surface area (Å²) in [5, 5.41) is 0. The number of rotatable bonds is 3. The molecule has 1 aromatic rings. The van der Waals surface area contributed by atoms with Crippen molar-refractivity contribution in [2.45, 2.75) is 50.9 Å². The minimum Gasteiger partial charge on any atom is -0.468 e. The van der Waals surface area contributed by atoms with Gasteiger partial charge in [-0.25, -0.2) is 0 Å². The summed E-state index contributed by atoms with van der Waals surface area (Å²) in [5.74, 6) is 1.03. The Balaban J connectivity index is 1.66. The van der Waals surface area contributed by atoms with Crippen LogP contribution in [0.15, 0.2) is 16.7 Å². The molecule has 3 rings (SSSR count). The molecule has 1 saturated carbocycles. The van der Waals surface area contributed by atoms with E-state index < -0.39 is 0 Å². The summed E-state index contributed by atoms with van der Waals surface area (Å²) in [7, 11) is 0. The van der Waals surface area contributed by atoms with Crippen molar-refractivity contribution in [1.29, 1.82) is 0 Å². The molecule has 2 unspecified atom stereocenters. The fourth-order valence-corrected chi connectivity index (χ4v) is 3.19. The molecule has 4 nitrogen and oxygen atoms in total. The quantitative estimate of drug-likeness (QED) is 0.890. The Hall–Kier alpha value is -0.840. The topological polar surface area (TPSA) is 51.6 Å². The van der Waals surface area contributed by atoms with Crippen LogP contribution in [-0.2, 0) is 17.8 Å². The lowest BCUT2D eigenvalue weighted by Gasteiger charge is -2.43. The number of nitrogens with zero attached hydrogens (tertiary/aromatic N) is 1. The molecule has 100 valence electrons. The molecule has 1 aromatic heterocycles. The van der Waals surface area contributed by atoms with Gasteiger partial charge < -0.3 is 14.9 Å². The second kappa shape index (κ2) is 5.43. The Bertz CT molecular complexity index is 389. The highest BCUT2D eigenvalue weighted by atomic mass is 16.5. The summed E-state index contributed by atoms with van der Waals surface area (Å²) in [6.45, 7) is 3.31. The number of hydrogen-bond donors (Lipinski definition) is 1. The molecule has 4 heteroatoms. The summed E-state index contributed by atoms with van der Waals surface area (Å²) in [5.41, 5.74) is 6.69. The lowest BCUT2D eigenvalue weighted by Crippen LogP contribution is -2.52. The van der Waals surface area contributed by atoms with Crippen LogP contribution in [0.25, 0.3) is 0 Å². The Morgan fingerprint density at radius 1 is 1.33 bits per heavy atom. The molecule has 0 bridgehead atoms. The molecular formula is C14H22N2O2. The van der Waals surface area contributed by atoms with Gasteiger partial charge in [-0.2, -0.15) is 0 Å². The number of hydrogen-bond acceptors (Lipinski definition) is 4. The van der Waals surface area contributed by atoms with E-state index in [0.717, 1.165) is 31.0 Å². The number of furan rings is 1. The monoisotopic (exact) mass is 250 g/mol. The van der Waals surface area contributed by atoms with Crippen LogP contribution in [0.2, 0.25) is 0 Å². The highest BCUT2D eigenvalue weighted by Gasteiger charge is 2.34. The van der Waals surface area contributed by atoms with Gasteiger partial charge in [0.2, 0.25) is 0 Å². The van der Waals surface area contributed by atoms with E-state index in [1.165, 1.54) is 25.7 Å². The Labute approximate surface area is 108 Å². The lowest BCUT2D eigenvalue weighted by atomic mass is 9.90. The summed E-state index contributed by atoms with van der Waals surface area (Å²) in [6, 6.07) is 2.66. The lowest BCUT2D eigenvalue weighted by molar-refractivity contribution is -0.0926. The van der Waals surface area contributed by atoms with Gasteiger partial charge in [0.25, 0.3) is 0 Å². The van der Waals surface area contributed by atoms with Crippen molar-refractivity contribution >= 4 is 0 Å². The first-order valence-corrected chi connectivity index (χ1v) is 6.99. The van der Waals surface area contributed by atoms with Crippen LogP contribution < -0.4 is 5.73 Å². The molecule has 0 aromatic carbocycles. The molecule has 18 heavy (non-hydrogen) atoms. The van der Waals surface area contributed by atoms with Crippen LogP contribution in [0.3, 0.4) is 0 Å². The van der Waals surface area contributed by atoms with Crippen LogP contribution in [0, 0.1) is 0 Å². The normalized spacial score (nSPS) is 29.2. The zero-order chi connectivity index (χ0) is 12.4. The van der Waals surface area contributed by atoms with E-state index in [9.17, 15) is 0 Å². The van der Waals surface area contributed by atoms with Gasteiger partial charge >= 0.3 is 0 Å². The van der Waals surface area contributed by atoms with Crippen LogP contribution >= 0.6 is 0 Å². The van der Waals surface area contributed by atoms with Crippen molar-refractivity contribution in [2.75, 3.05) is 13.2 Å². The molecule has 2 heterocycles. The van der Waals surface area contributed by atoms with E-state index >= 15 is 0 Å². The Kier molecular flexibility index (Phi) is 3.68. The molecule has 2 fully saturated rings. The molecule has 1 saturated heterocycles. The first-order chi connectivity index (χ1) is 8.86. The third-order valence-electron chi connectivity index (χ3n) is 4.15. The van der Waals surface area contributed by atoms with E-state index in [-0.39, 0.29) is 0 Å². The number of morpholine rings is 1. The Morgan fingerprint density at radius 2 is 2.22 bits per heavy atom. The summed E-state index contributed by atoms with van der Waals surface area (Å²) in [4.78, 5) is 2.52. The van der Waals surface area contributed by atoms with E-state index in [0.29, 0.717) is 18.7 Å². The first kappa shape index (κ1) is 12.2. The maximum absolute atomic E-state index is 5.88. The van der Waals surface area contributed by atoms with Crippen molar-refractivity contribution in [3.8, 4) is 0 Å². The van der Waals surface area contributed by atoms with Gasteiger partial charge in [0.1, 0.15) is 5.76 Å². The molecule has 2 N–H and O–H groups in total. The maximum Gasteiger partial charge on any atom is 0.118 e. The van der Waals surface area contributed by atoms with Gasteiger partial charge in [-0.15, -0.1) is 0 Å². The predicted octanol–water partition coefficient (Wildman–Crippen LogP) is 1.88. The van der Waals surface area contributed by atoms with E-state index in [1.54, 1.807) is 6.26 Å². The fourth-order valence-electron chi connectivity index (χ4n) is 3.19. The highest BCUT2D eigenvalue weighted by molar-refractivity contribution is 5.12. The second-order valence-corrected chi connectivity index (χ2v) is 5.36. The van der Waals surface area contributed by atoms with Gasteiger partial charge in [0.05, 0.1) is 25.5 Å². The van der Waals surface area contributed by atoms with Crippen LogP contribution in [-0.4, -0.2) is 30.2 Å². The third-order valence-corrected chi connectivity index (χ3v) is 4.15. The van der Waals surface area contributed by atoms with Gasteiger partial charge in [-0.3, -0.25) is 4.90 Å². The van der Waals surface area contributed by atoms with E-state index in [1.807, 2.05) is 0 Å². The largest absolute Gasteiger partial charge is 0.468 e.